The molecule has 9 nitrogen and oxygen atoms in total. The van der Waals surface area contributed by atoms with Crippen LogP contribution in [-0.4, -0.2) is 65.9 Å². The lowest BCUT2D eigenvalue weighted by Crippen LogP contribution is -2.39. The number of para-hydroxylation sites is 2. The monoisotopic (exact) mass is 493 g/mol. The number of benzene rings is 2. The molecule has 2 aromatic rings. The maximum absolute atomic E-state index is 12.9. The Morgan fingerprint density at radius 2 is 1.75 bits per heavy atom. The van der Waals surface area contributed by atoms with Gasteiger partial charge in [0.25, 0.3) is 0 Å². The Bertz CT molecular complexity index is 1140. The first-order valence-corrected chi connectivity index (χ1v) is 11.8. The van der Waals surface area contributed by atoms with Crippen molar-refractivity contribution in [2.24, 2.45) is 11.0 Å². The first-order valence-electron chi connectivity index (χ1n) is 11.8. The summed E-state index contributed by atoms with van der Waals surface area (Å²) in [6.07, 6.45) is 4.54. The summed E-state index contributed by atoms with van der Waals surface area (Å²) in [4.78, 5) is 34.1. The molecule has 0 bridgehead atoms. The number of carboxylic acid groups (broad SMARTS) is 2. The van der Waals surface area contributed by atoms with Gasteiger partial charge in [-0.15, -0.1) is 0 Å². The zero-order valence-electron chi connectivity index (χ0n) is 20.5. The van der Waals surface area contributed by atoms with E-state index in [1.807, 2.05) is 30.3 Å². The van der Waals surface area contributed by atoms with Crippen LogP contribution in [0.1, 0.15) is 30.4 Å². The second-order valence-electron chi connectivity index (χ2n) is 8.77. The third kappa shape index (κ3) is 7.26. The number of rotatable bonds is 8. The van der Waals surface area contributed by atoms with Crippen molar-refractivity contribution in [3.05, 3.63) is 71.8 Å². The van der Waals surface area contributed by atoms with E-state index in [0.29, 0.717) is 30.9 Å². The number of anilines is 1. The average molecular weight is 494 g/mol. The van der Waals surface area contributed by atoms with Gasteiger partial charge in [0, 0.05) is 36.6 Å². The minimum atomic E-state index is -1.26. The first kappa shape index (κ1) is 26.6. The van der Waals surface area contributed by atoms with E-state index >= 15 is 0 Å². The van der Waals surface area contributed by atoms with E-state index in [-0.39, 0.29) is 11.8 Å². The maximum Gasteiger partial charge on any atom is 0.328 e. The molecule has 1 heterocycles. The number of aliphatic carboxylic acids is 2. The number of aryl methyl sites for hydroxylation is 1. The lowest BCUT2D eigenvalue weighted by molar-refractivity contribution is -0.134. The van der Waals surface area contributed by atoms with Crippen molar-refractivity contribution in [1.29, 1.82) is 0 Å². The molecule has 1 unspecified atom stereocenters. The molecule has 36 heavy (non-hydrogen) atoms. The Kier molecular flexibility index (Phi) is 9.35. The van der Waals surface area contributed by atoms with Crippen LogP contribution in [0, 0.1) is 5.92 Å². The third-order valence-corrected chi connectivity index (χ3v) is 5.78. The lowest BCUT2D eigenvalue weighted by Gasteiger charge is -2.33. The summed E-state index contributed by atoms with van der Waals surface area (Å²) in [5.41, 5.74) is 4.26. The van der Waals surface area contributed by atoms with Gasteiger partial charge < -0.3 is 19.8 Å². The molecule has 1 amide bonds. The molecule has 0 aromatic heterocycles. The predicted molar refractivity (Wildman–Crippen MR) is 136 cm³/mol. The highest BCUT2D eigenvalue weighted by Gasteiger charge is 2.35. The van der Waals surface area contributed by atoms with E-state index in [4.69, 9.17) is 20.1 Å². The van der Waals surface area contributed by atoms with E-state index in [9.17, 15) is 14.4 Å². The highest BCUT2D eigenvalue weighted by Crippen LogP contribution is 2.36. The van der Waals surface area contributed by atoms with Gasteiger partial charge in [0.05, 0.1) is 12.3 Å². The standard InChI is InChI=1S/C23H27N3O2.C4H4O4/c1-25(2)14-7-15-28-21-11-6-5-10-20(21)26-22(27)16-18-13-12-17-8-3-4-9-19(17)23(18)24-26;5-3(6)1-2-4(7)8/h3-6,8-11,18H,7,12-16H2,1-2H3;1-2H,(H,5,6)(H,7,8). The van der Waals surface area contributed by atoms with E-state index in [1.54, 1.807) is 5.01 Å². The number of carbonyl (C=O) groups excluding carboxylic acids is 1. The second-order valence-corrected chi connectivity index (χ2v) is 8.77. The Balaban J connectivity index is 0.000000392. The number of hydrogen-bond donors (Lipinski definition) is 2. The van der Waals surface area contributed by atoms with Crippen molar-refractivity contribution in [1.82, 2.24) is 4.90 Å². The molecule has 1 aliphatic heterocycles. The molecular formula is C27H31N3O6. The number of ether oxygens (including phenoxy) is 1. The minimum absolute atomic E-state index is 0.0393. The van der Waals surface area contributed by atoms with E-state index in [1.165, 1.54) is 11.1 Å². The molecular weight excluding hydrogens is 462 g/mol. The highest BCUT2D eigenvalue weighted by atomic mass is 16.5. The second kappa shape index (κ2) is 12.6. The number of carbonyl (C=O) groups is 3. The van der Waals surface area contributed by atoms with Gasteiger partial charge >= 0.3 is 11.9 Å². The first-order chi connectivity index (χ1) is 17.3. The van der Waals surface area contributed by atoms with Crippen LogP contribution < -0.4 is 9.75 Å². The fourth-order valence-corrected chi connectivity index (χ4v) is 4.12. The summed E-state index contributed by atoms with van der Waals surface area (Å²) >= 11 is 0. The summed E-state index contributed by atoms with van der Waals surface area (Å²) in [6, 6.07) is 16.1. The molecule has 2 N–H and O–H groups in total. The summed E-state index contributed by atoms with van der Waals surface area (Å²) < 4.78 is 6.00. The fourth-order valence-electron chi connectivity index (χ4n) is 4.12. The van der Waals surface area contributed by atoms with Gasteiger partial charge in [-0.1, -0.05) is 36.4 Å². The van der Waals surface area contributed by atoms with Crippen LogP contribution in [0.5, 0.6) is 5.75 Å². The molecule has 0 radical (unpaired) electrons. The number of amides is 1. The molecule has 4 rings (SSSR count). The summed E-state index contributed by atoms with van der Waals surface area (Å²) in [6.45, 7) is 1.57. The molecule has 9 heteroatoms. The number of hydrogen-bond acceptors (Lipinski definition) is 6. The van der Waals surface area contributed by atoms with Crippen molar-refractivity contribution < 1.29 is 29.3 Å². The van der Waals surface area contributed by atoms with Gasteiger partial charge in [0.1, 0.15) is 11.4 Å². The molecule has 0 saturated heterocycles. The molecule has 0 saturated carbocycles. The Hall–Kier alpha value is -3.98. The maximum atomic E-state index is 12.9. The zero-order valence-corrected chi connectivity index (χ0v) is 20.5. The quantitative estimate of drug-likeness (QED) is 0.427. The van der Waals surface area contributed by atoms with Crippen LogP contribution >= 0.6 is 0 Å². The molecule has 1 atom stereocenters. The van der Waals surface area contributed by atoms with Gasteiger partial charge in [-0.05, 0) is 51.1 Å². The van der Waals surface area contributed by atoms with Crippen molar-refractivity contribution in [2.75, 3.05) is 32.3 Å². The Morgan fingerprint density at radius 3 is 2.44 bits per heavy atom. The van der Waals surface area contributed by atoms with Crippen molar-refractivity contribution >= 4 is 29.2 Å². The van der Waals surface area contributed by atoms with Gasteiger partial charge in [0.2, 0.25) is 5.91 Å². The molecule has 0 fully saturated rings. The summed E-state index contributed by atoms with van der Waals surface area (Å²) in [5.74, 6) is -1.55. The van der Waals surface area contributed by atoms with E-state index in [2.05, 4.69) is 37.2 Å². The van der Waals surface area contributed by atoms with Gasteiger partial charge in [-0.25, -0.2) is 9.59 Å². The van der Waals surface area contributed by atoms with Gasteiger partial charge in [-0.3, -0.25) is 4.79 Å². The number of hydrazone groups is 1. The molecule has 190 valence electrons. The molecule has 1 aliphatic carbocycles. The molecule has 2 aliphatic rings. The summed E-state index contributed by atoms with van der Waals surface area (Å²) in [7, 11) is 4.10. The number of carboxylic acids is 2. The van der Waals surface area contributed by atoms with Crippen LogP contribution in [0.4, 0.5) is 5.69 Å². The van der Waals surface area contributed by atoms with Crippen LogP contribution in [0.15, 0.2) is 65.8 Å². The van der Waals surface area contributed by atoms with Gasteiger partial charge in [0.15, 0.2) is 0 Å². The zero-order chi connectivity index (χ0) is 26.1. The smallest absolute Gasteiger partial charge is 0.328 e. The Morgan fingerprint density at radius 1 is 1.08 bits per heavy atom. The molecule has 0 spiro atoms. The van der Waals surface area contributed by atoms with Crippen molar-refractivity contribution in [3.63, 3.8) is 0 Å². The van der Waals surface area contributed by atoms with Crippen LogP contribution in [0.2, 0.25) is 0 Å². The largest absolute Gasteiger partial charge is 0.491 e. The topological polar surface area (TPSA) is 120 Å². The van der Waals surface area contributed by atoms with Crippen LogP contribution in [-0.2, 0) is 20.8 Å². The highest BCUT2D eigenvalue weighted by molar-refractivity contribution is 6.11. The average Bonchev–Trinajstić information content (AvgIpc) is 2.85. The van der Waals surface area contributed by atoms with Crippen molar-refractivity contribution in [2.45, 2.75) is 25.7 Å². The van der Waals surface area contributed by atoms with Crippen LogP contribution in [0.25, 0.3) is 0 Å². The third-order valence-electron chi connectivity index (χ3n) is 5.78. The lowest BCUT2D eigenvalue weighted by atomic mass is 9.79. The van der Waals surface area contributed by atoms with Crippen molar-refractivity contribution in [3.8, 4) is 5.75 Å². The predicted octanol–water partition coefficient (Wildman–Crippen LogP) is 3.43. The SMILES string of the molecule is CN(C)CCCOc1ccccc1N1N=C2c3ccccc3CCC2CC1=O.O=C(O)C=CC(=O)O. The molecule has 2 aromatic carbocycles. The van der Waals surface area contributed by atoms with E-state index in [0.717, 1.165) is 37.2 Å². The summed E-state index contributed by atoms with van der Waals surface area (Å²) in [5, 5.41) is 22.0. The normalized spacial score (nSPS) is 16.5. The fraction of sp³-hybridized carbons (Fsp3) is 0.333. The van der Waals surface area contributed by atoms with Gasteiger partial charge in [-0.2, -0.15) is 10.1 Å². The number of fused-ring (bicyclic) bond motifs is 3. The number of nitrogens with zero attached hydrogens (tertiary/aromatic N) is 3. The Labute approximate surface area is 210 Å². The van der Waals surface area contributed by atoms with Crippen LogP contribution in [0.3, 0.4) is 0 Å². The van der Waals surface area contributed by atoms with E-state index < -0.39 is 11.9 Å². The minimum Gasteiger partial charge on any atom is -0.491 e.